The number of aliphatic hydroxyl groups is 1. The van der Waals surface area contributed by atoms with E-state index in [0.29, 0.717) is 22.4 Å². The average Bonchev–Trinajstić information content (AvgIpc) is 3.22. The fourth-order valence-corrected chi connectivity index (χ4v) is 4.47. The van der Waals surface area contributed by atoms with Crippen LogP contribution in [0.3, 0.4) is 0 Å². The van der Waals surface area contributed by atoms with Gasteiger partial charge in [-0.05, 0) is 37.5 Å². The number of hydrogen-bond acceptors (Lipinski definition) is 6. The summed E-state index contributed by atoms with van der Waals surface area (Å²) in [5.41, 5.74) is 1.16. The second-order valence-electron chi connectivity index (χ2n) is 9.57. The van der Waals surface area contributed by atoms with Gasteiger partial charge in [0.15, 0.2) is 6.10 Å². The molecule has 0 aliphatic carbocycles. The van der Waals surface area contributed by atoms with Gasteiger partial charge in [-0.1, -0.05) is 43.3 Å². The van der Waals surface area contributed by atoms with Gasteiger partial charge in [-0.15, -0.1) is 0 Å². The predicted octanol–water partition coefficient (Wildman–Crippen LogP) is 2.38. The van der Waals surface area contributed by atoms with Crippen molar-refractivity contribution >= 4 is 23.7 Å². The highest BCUT2D eigenvalue weighted by Gasteiger charge is 2.51. The summed E-state index contributed by atoms with van der Waals surface area (Å²) >= 11 is 0. The van der Waals surface area contributed by atoms with Gasteiger partial charge < -0.3 is 25.4 Å². The van der Waals surface area contributed by atoms with Gasteiger partial charge in [-0.25, -0.2) is 8.78 Å². The van der Waals surface area contributed by atoms with E-state index in [2.05, 4.69) is 10.6 Å². The Kier molecular flexibility index (Phi) is 9.74. The Morgan fingerprint density at radius 1 is 1.13 bits per heavy atom. The molecule has 1 saturated heterocycles. The van der Waals surface area contributed by atoms with Crippen molar-refractivity contribution in [2.24, 2.45) is 0 Å². The maximum atomic E-state index is 14.3. The number of benzene rings is 2. The van der Waals surface area contributed by atoms with Crippen LogP contribution in [0.4, 0.5) is 8.78 Å². The lowest BCUT2D eigenvalue weighted by Crippen LogP contribution is -2.56. The van der Waals surface area contributed by atoms with E-state index in [0.717, 1.165) is 0 Å². The standard InChI is InChI=1S/C28H33F2N3O6/c1-4-13-31-26(37)22-15-28(29,30)16-33(22)27(38)24(35)21(14-19-9-6-5-7-10-19)32-25(36)20-11-8-12-23(17(20)2)39-18(3)34/h5-12,21-22,24,35H,4,13-16H2,1-3H3,(H,31,37)(H,32,36)/t21-,22?,24-/m0/s1. The smallest absolute Gasteiger partial charge is 0.308 e. The number of rotatable bonds is 10. The largest absolute Gasteiger partial charge is 0.426 e. The van der Waals surface area contributed by atoms with E-state index in [-0.39, 0.29) is 24.3 Å². The van der Waals surface area contributed by atoms with Crippen LogP contribution < -0.4 is 15.4 Å². The molecule has 0 aromatic heterocycles. The predicted molar refractivity (Wildman–Crippen MR) is 138 cm³/mol. The van der Waals surface area contributed by atoms with Gasteiger partial charge in [0.2, 0.25) is 5.91 Å². The molecule has 1 aliphatic rings. The highest BCUT2D eigenvalue weighted by molar-refractivity contribution is 5.97. The van der Waals surface area contributed by atoms with E-state index >= 15 is 0 Å². The lowest BCUT2D eigenvalue weighted by Gasteiger charge is -2.30. The van der Waals surface area contributed by atoms with Crippen molar-refractivity contribution in [3.63, 3.8) is 0 Å². The molecule has 3 amide bonds. The third-order valence-electron chi connectivity index (χ3n) is 6.44. The van der Waals surface area contributed by atoms with Gasteiger partial charge in [-0.3, -0.25) is 19.2 Å². The monoisotopic (exact) mass is 545 g/mol. The van der Waals surface area contributed by atoms with Crippen LogP contribution in [0.2, 0.25) is 0 Å². The molecule has 0 spiro atoms. The highest BCUT2D eigenvalue weighted by atomic mass is 19.3. The third kappa shape index (κ3) is 7.60. The summed E-state index contributed by atoms with van der Waals surface area (Å²) in [5.74, 6) is -6.19. The fraction of sp³-hybridized carbons (Fsp3) is 0.429. The first-order chi connectivity index (χ1) is 18.4. The lowest BCUT2D eigenvalue weighted by atomic mass is 9.98. The summed E-state index contributed by atoms with van der Waals surface area (Å²) < 4.78 is 33.8. The summed E-state index contributed by atoms with van der Waals surface area (Å²) in [6, 6.07) is 10.6. The molecule has 11 heteroatoms. The van der Waals surface area contributed by atoms with Crippen molar-refractivity contribution in [1.29, 1.82) is 0 Å². The number of nitrogens with one attached hydrogen (secondary N) is 2. The van der Waals surface area contributed by atoms with E-state index in [1.807, 2.05) is 0 Å². The number of carbonyl (C=O) groups is 4. The van der Waals surface area contributed by atoms with Gasteiger partial charge in [0.1, 0.15) is 11.8 Å². The normalized spacial score (nSPS) is 17.7. The number of esters is 1. The minimum atomic E-state index is -3.31. The van der Waals surface area contributed by atoms with Crippen LogP contribution in [0.25, 0.3) is 0 Å². The number of hydrogen-bond donors (Lipinski definition) is 3. The van der Waals surface area contributed by atoms with Crippen molar-refractivity contribution < 1.29 is 37.8 Å². The average molecular weight is 546 g/mol. The quantitative estimate of drug-likeness (QED) is 0.311. The zero-order valence-electron chi connectivity index (χ0n) is 22.1. The van der Waals surface area contributed by atoms with Crippen molar-refractivity contribution in [2.75, 3.05) is 13.1 Å². The SMILES string of the molecule is CCCNC(=O)C1CC(F)(F)CN1C(=O)[C@@H](O)[C@H](Cc1ccccc1)NC(=O)c1cccc(OC(C)=O)c1C. The van der Waals surface area contributed by atoms with Gasteiger partial charge in [-0.2, -0.15) is 0 Å². The molecular formula is C28H33F2N3O6. The molecule has 3 atom stereocenters. The molecule has 210 valence electrons. The summed E-state index contributed by atoms with van der Waals surface area (Å²) in [4.78, 5) is 51.3. The summed E-state index contributed by atoms with van der Waals surface area (Å²) in [6.45, 7) is 3.83. The van der Waals surface area contributed by atoms with Crippen molar-refractivity contribution in [2.45, 2.75) is 64.1 Å². The molecule has 0 radical (unpaired) electrons. The zero-order chi connectivity index (χ0) is 28.7. The second kappa shape index (κ2) is 12.8. The van der Waals surface area contributed by atoms with Crippen LogP contribution in [0.15, 0.2) is 48.5 Å². The molecule has 2 aromatic carbocycles. The van der Waals surface area contributed by atoms with Crippen LogP contribution in [0, 0.1) is 6.92 Å². The molecule has 3 rings (SSSR count). The maximum Gasteiger partial charge on any atom is 0.308 e. The summed E-state index contributed by atoms with van der Waals surface area (Å²) in [5, 5.41) is 16.3. The molecule has 2 aromatic rings. The molecule has 1 unspecified atom stereocenters. The Labute approximate surface area is 225 Å². The number of likely N-dealkylation sites (tertiary alicyclic amines) is 1. The maximum absolute atomic E-state index is 14.3. The Morgan fingerprint density at radius 3 is 2.46 bits per heavy atom. The van der Waals surface area contributed by atoms with Crippen molar-refractivity contribution in [3.05, 3.63) is 65.2 Å². The number of nitrogens with zero attached hydrogens (tertiary/aromatic N) is 1. The molecular weight excluding hydrogens is 512 g/mol. The van der Waals surface area contributed by atoms with Crippen LogP contribution in [-0.4, -0.2) is 70.9 Å². The number of ether oxygens (including phenoxy) is 1. The molecule has 1 aliphatic heterocycles. The van der Waals surface area contributed by atoms with E-state index in [1.54, 1.807) is 44.2 Å². The first kappa shape index (κ1) is 29.7. The topological polar surface area (TPSA) is 125 Å². The fourth-order valence-electron chi connectivity index (χ4n) is 4.47. The van der Waals surface area contributed by atoms with E-state index < -0.39 is 60.8 Å². The zero-order valence-corrected chi connectivity index (χ0v) is 22.1. The third-order valence-corrected chi connectivity index (χ3v) is 6.44. The van der Waals surface area contributed by atoms with Crippen molar-refractivity contribution in [3.8, 4) is 5.75 Å². The van der Waals surface area contributed by atoms with Crippen molar-refractivity contribution in [1.82, 2.24) is 15.5 Å². The first-order valence-corrected chi connectivity index (χ1v) is 12.7. The van der Waals surface area contributed by atoms with Gasteiger partial charge in [0, 0.05) is 31.0 Å². The van der Waals surface area contributed by atoms with Crippen LogP contribution in [0.1, 0.15) is 48.2 Å². The Morgan fingerprint density at radius 2 is 1.82 bits per heavy atom. The molecule has 0 bridgehead atoms. The molecule has 1 fully saturated rings. The van der Waals surface area contributed by atoms with Gasteiger partial charge >= 0.3 is 5.97 Å². The minimum Gasteiger partial charge on any atom is -0.426 e. The van der Waals surface area contributed by atoms with Crippen LogP contribution in [0.5, 0.6) is 5.75 Å². The molecule has 9 nitrogen and oxygen atoms in total. The Balaban J connectivity index is 1.89. The Hall–Kier alpha value is -3.86. The van der Waals surface area contributed by atoms with E-state index in [4.69, 9.17) is 4.74 Å². The van der Waals surface area contributed by atoms with Gasteiger partial charge in [0.25, 0.3) is 17.7 Å². The lowest BCUT2D eigenvalue weighted by molar-refractivity contribution is -0.147. The van der Waals surface area contributed by atoms with E-state index in [9.17, 15) is 33.1 Å². The number of aliphatic hydroxyl groups excluding tert-OH is 1. The number of halogens is 2. The van der Waals surface area contributed by atoms with Crippen LogP contribution in [-0.2, 0) is 20.8 Å². The van der Waals surface area contributed by atoms with Gasteiger partial charge in [0.05, 0.1) is 12.6 Å². The molecule has 1 heterocycles. The second-order valence-corrected chi connectivity index (χ2v) is 9.57. The molecule has 39 heavy (non-hydrogen) atoms. The number of alkyl halides is 2. The minimum absolute atomic E-state index is 0.000891. The Bertz CT molecular complexity index is 1210. The molecule has 3 N–H and O–H groups in total. The molecule has 0 saturated carbocycles. The summed E-state index contributed by atoms with van der Waals surface area (Å²) in [6.07, 6.45) is -2.21. The number of amides is 3. The van der Waals surface area contributed by atoms with Crippen LogP contribution >= 0.6 is 0 Å². The summed E-state index contributed by atoms with van der Waals surface area (Å²) in [7, 11) is 0. The highest BCUT2D eigenvalue weighted by Crippen LogP contribution is 2.33. The van der Waals surface area contributed by atoms with E-state index in [1.165, 1.54) is 25.1 Å². The first-order valence-electron chi connectivity index (χ1n) is 12.7. The number of carbonyl (C=O) groups excluding carboxylic acids is 4.